The summed E-state index contributed by atoms with van der Waals surface area (Å²) < 4.78 is 5.25. The van der Waals surface area contributed by atoms with Crippen LogP contribution in [0.5, 0.6) is 0 Å². The average Bonchev–Trinajstić information content (AvgIpc) is 2.89. The molecule has 0 saturated heterocycles. The first-order chi connectivity index (χ1) is 11.4. The number of hydrogen-bond acceptors (Lipinski definition) is 6. The Labute approximate surface area is 141 Å². The molecule has 24 heavy (non-hydrogen) atoms. The van der Waals surface area contributed by atoms with Crippen LogP contribution in [-0.4, -0.2) is 22.5 Å². The zero-order valence-electron chi connectivity index (χ0n) is 13.0. The Hall–Kier alpha value is -2.81. The summed E-state index contributed by atoms with van der Waals surface area (Å²) in [5.74, 6) is 0.279. The summed E-state index contributed by atoms with van der Waals surface area (Å²) >= 11 is 1.20. The number of nitrogens with one attached hydrogen (secondary N) is 2. The fourth-order valence-corrected chi connectivity index (χ4v) is 2.60. The van der Waals surface area contributed by atoms with Gasteiger partial charge in [-0.3, -0.25) is 30.6 Å². The average molecular weight is 349 g/mol. The standard InChI is InChI=1S/C15H15N3O5S/c1-9-7-13(10(2)23-9)15(20)17-16-14(19)8-24-12-5-3-11(4-6-12)18(21)22/h3-7H,8H2,1-2H3,(H,16,19)(H,17,20). The van der Waals surface area contributed by atoms with Crippen LogP contribution in [0.25, 0.3) is 0 Å². The van der Waals surface area contributed by atoms with E-state index in [1.807, 2.05) is 0 Å². The van der Waals surface area contributed by atoms with Crippen LogP contribution in [0.4, 0.5) is 5.69 Å². The third kappa shape index (κ3) is 4.59. The number of aryl methyl sites for hydroxylation is 2. The highest BCUT2D eigenvalue weighted by molar-refractivity contribution is 8.00. The summed E-state index contributed by atoms with van der Waals surface area (Å²) in [5, 5.41) is 10.6. The molecule has 1 heterocycles. The molecule has 1 aromatic carbocycles. The van der Waals surface area contributed by atoms with Crippen molar-refractivity contribution in [3.8, 4) is 0 Å². The van der Waals surface area contributed by atoms with Crippen LogP contribution in [0, 0.1) is 24.0 Å². The van der Waals surface area contributed by atoms with Gasteiger partial charge in [0, 0.05) is 17.0 Å². The van der Waals surface area contributed by atoms with Gasteiger partial charge in [-0.05, 0) is 32.0 Å². The molecule has 0 aliphatic rings. The van der Waals surface area contributed by atoms with Gasteiger partial charge >= 0.3 is 0 Å². The Bertz CT molecular complexity index is 770. The number of rotatable bonds is 5. The van der Waals surface area contributed by atoms with E-state index in [-0.39, 0.29) is 11.4 Å². The molecular formula is C15H15N3O5S. The molecule has 0 spiro atoms. The third-order valence-corrected chi connectivity index (χ3v) is 4.03. The first kappa shape index (κ1) is 17.5. The van der Waals surface area contributed by atoms with E-state index >= 15 is 0 Å². The van der Waals surface area contributed by atoms with Gasteiger partial charge in [-0.15, -0.1) is 11.8 Å². The monoisotopic (exact) mass is 349 g/mol. The van der Waals surface area contributed by atoms with Gasteiger partial charge in [-0.2, -0.15) is 0 Å². The van der Waals surface area contributed by atoms with Gasteiger partial charge in [0.1, 0.15) is 11.5 Å². The second-order valence-electron chi connectivity index (χ2n) is 4.87. The number of hydrazine groups is 1. The summed E-state index contributed by atoms with van der Waals surface area (Å²) in [7, 11) is 0. The Morgan fingerprint density at radius 3 is 2.42 bits per heavy atom. The predicted octanol–water partition coefficient (Wildman–Crippen LogP) is 2.36. The number of carbonyl (C=O) groups excluding carboxylic acids is 2. The number of amides is 2. The van der Waals surface area contributed by atoms with Crippen molar-refractivity contribution in [2.24, 2.45) is 0 Å². The van der Waals surface area contributed by atoms with E-state index < -0.39 is 16.7 Å². The minimum Gasteiger partial charge on any atom is -0.466 e. The second kappa shape index (κ2) is 7.64. The molecule has 126 valence electrons. The minimum absolute atomic E-state index is 0.0122. The van der Waals surface area contributed by atoms with Crippen molar-refractivity contribution >= 4 is 29.3 Å². The van der Waals surface area contributed by atoms with Crippen LogP contribution in [0.15, 0.2) is 39.6 Å². The van der Waals surface area contributed by atoms with Gasteiger partial charge in [0.2, 0.25) is 5.91 Å². The molecule has 0 radical (unpaired) electrons. The van der Waals surface area contributed by atoms with Crippen molar-refractivity contribution in [1.29, 1.82) is 0 Å². The van der Waals surface area contributed by atoms with Crippen molar-refractivity contribution in [3.05, 3.63) is 57.5 Å². The molecule has 0 fully saturated rings. The van der Waals surface area contributed by atoms with Crippen LogP contribution < -0.4 is 10.9 Å². The Balaban J connectivity index is 1.80. The minimum atomic E-state index is -0.490. The molecule has 2 amide bonds. The summed E-state index contributed by atoms with van der Waals surface area (Å²) in [6.45, 7) is 3.39. The van der Waals surface area contributed by atoms with Gasteiger partial charge < -0.3 is 4.42 Å². The first-order valence-electron chi connectivity index (χ1n) is 6.90. The van der Waals surface area contributed by atoms with Crippen LogP contribution in [0.2, 0.25) is 0 Å². The van der Waals surface area contributed by atoms with E-state index in [4.69, 9.17) is 4.42 Å². The topological polar surface area (TPSA) is 114 Å². The second-order valence-corrected chi connectivity index (χ2v) is 5.92. The maximum atomic E-state index is 11.9. The quantitative estimate of drug-likeness (QED) is 0.486. The van der Waals surface area contributed by atoms with Crippen molar-refractivity contribution in [1.82, 2.24) is 10.9 Å². The number of thioether (sulfide) groups is 1. The molecular weight excluding hydrogens is 334 g/mol. The van der Waals surface area contributed by atoms with Crippen LogP contribution in [-0.2, 0) is 4.79 Å². The van der Waals surface area contributed by atoms with Crippen LogP contribution >= 0.6 is 11.8 Å². The number of hydrogen-bond donors (Lipinski definition) is 2. The molecule has 0 bridgehead atoms. The molecule has 0 aliphatic heterocycles. The van der Waals surface area contributed by atoms with Crippen molar-refractivity contribution in [2.45, 2.75) is 18.7 Å². The number of carbonyl (C=O) groups is 2. The third-order valence-electron chi connectivity index (χ3n) is 3.02. The fraction of sp³-hybridized carbons (Fsp3) is 0.200. The number of non-ortho nitro benzene ring substituents is 1. The molecule has 2 rings (SSSR count). The lowest BCUT2D eigenvalue weighted by atomic mass is 10.2. The Kier molecular flexibility index (Phi) is 5.59. The summed E-state index contributed by atoms with van der Waals surface area (Å²) in [5.41, 5.74) is 4.97. The van der Waals surface area contributed by atoms with Gasteiger partial charge in [-0.1, -0.05) is 0 Å². The van der Waals surface area contributed by atoms with Gasteiger partial charge in [0.15, 0.2) is 0 Å². The number of furan rings is 1. The molecule has 0 saturated carbocycles. The van der Waals surface area contributed by atoms with Crippen molar-refractivity contribution in [3.63, 3.8) is 0 Å². The van der Waals surface area contributed by atoms with E-state index in [2.05, 4.69) is 10.9 Å². The lowest BCUT2D eigenvalue weighted by Gasteiger charge is -2.06. The maximum absolute atomic E-state index is 11.9. The summed E-state index contributed by atoms with van der Waals surface area (Å²) in [6.07, 6.45) is 0. The first-order valence-corrected chi connectivity index (χ1v) is 7.89. The molecule has 2 aromatic rings. The summed E-state index contributed by atoms with van der Waals surface area (Å²) in [4.78, 5) is 34.4. The van der Waals surface area contributed by atoms with Crippen LogP contribution in [0.3, 0.4) is 0 Å². The van der Waals surface area contributed by atoms with Gasteiger partial charge in [-0.25, -0.2) is 0 Å². The number of nitrogens with zero attached hydrogens (tertiary/aromatic N) is 1. The van der Waals surface area contributed by atoms with Crippen molar-refractivity contribution in [2.75, 3.05) is 5.75 Å². The highest BCUT2D eigenvalue weighted by Gasteiger charge is 2.14. The smallest absolute Gasteiger partial charge is 0.273 e. The molecule has 0 atom stereocenters. The molecule has 2 N–H and O–H groups in total. The molecule has 1 aromatic heterocycles. The lowest BCUT2D eigenvalue weighted by Crippen LogP contribution is -2.42. The van der Waals surface area contributed by atoms with E-state index in [0.717, 1.165) is 0 Å². The van der Waals surface area contributed by atoms with E-state index in [9.17, 15) is 19.7 Å². The SMILES string of the molecule is Cc1cc(C(=O)NNC(=O)CSc2ccc([N+](=O)[O-])cc2)c(C)o1. The summed E-state index contributed by atoms with van der Waals surface area (Å²) in [6, 6.07) is 7.44. The zero-order chi connectivity index (χ0) is 17.7. The highest BCUT2D eigenvalue weighted by Crippen LogP contribution is 2.21. The highest BCUT2D eigenvalue weighted by atomic mass is 32.2. The molecule has 0 aliphatic carbocycles. The number of nitro benzene ring substituents is 1. The largest absolute Gasteiger partial charge is 0.466 e. The normalized spacial score (nSPS) is 10.2. The van der Waals surface area contributed by atoms with E-state index in [0.29, 0.717) is 22.0 Å². The zero-order valence-corrected chi connectivity index (χ0v) is 13.8. The lowest BCUT2D eigenvalue weighted by molar-refractivity contribution is -0.384. The maximum Gasteiger partial charge on any atom is 0.273 e. The van der Waals surface area contributed by atoms with Crippen LogP contribution in [0.1, 0.15) is 21.9 Å². The molecule has 9 heteroatoms. The Morgan fingerprint density at radius 1 is 1.21 bits per heavy atom. The predicted molar refractivity (Wildman–Crippen MR) is 87.6 cm³/mol. The Morgan fingerprint density at radius 2 is 1.88 bits per heavy atom. The number of benzene rings is 1. The fourth-order valence-electron chi connectivity index (χ4n) is 1.90. The van der Waals surface area contributed by atoms with E-state index in [1.54, 1.807) is 32.0 Å². The molecule has 0 unspecified atom stereocenters. The van der Waals surface area contributed by atoms with Gasteiger partial charge in [0.05, 0.1) is 16.2 Å². The van der Waals surface area contributed by atoms with E-state index in [1.165, 1.54) is 23.9 Å². The van der Waals surface area contributed by atoms with Gasteiger partial charge in [0.25, 0.3) is 11.6 Å². The number of nitro groups is 1. The van der Waals surface area contributed by atoms with Crippen molar-refractivity contribution < 1.29 is 18.9 Å². The molecule has 8 nitrogen and oxygen atoms in total.